The number of carbonyl (C=O) groups excluding carboxylic acids is 2. The van der Waals surface area contributed by atoms with E-state index in [0.29, 0.717) is 6.42 Å². The molecule has 0 saturated heterocycles. The maximum atomic E-state index is 12.1. The molecule has 0 aromatic carbocycles. The highest BCUT2D eigenvalue weighted by Gasteiger charge is 2.34. The van der Waals surface area contributed by atoms with Gasteiger partial charge in [0.05, 0.1) is 0 Å². The van der Waals surface area contributed by atoms with Crippen LogP contribution >= 0.6 is 0 Å². The maximum absolute atomic E-state index is 12.1. The highest BCUT2D eigenvalue weighted by molar-refractivity contribution is 5.93. The summed E-state index contributed by atoms with van der Waals surface area (Å²) in [5.74, 6) is -4.73. The number of alkyl carbamates (subject to hydrolysis) is 1. The third kappa shape index (κ3) is 11.3. The van der Waals surface area contributed by atoms with Crippen LogP contribution in [-0.2, 0) is 19.3 Å². The van der Waals surface area contributed by atoms with E-state index in [2.05, 4.69) is 23.1 Å². The Morgan fingerprint density at radius 1 is 1.12 bits per heavy atom. The largest absolute Gasteiger partial charge is 0.481 e. The molecular formula is C18H30FNO6. The fourth-order valence-electron chi connectivity index (χ4n) is 2.29. The highest BCUT2D eigenvalue weighted by atomic mass is 19.3. The van der Waals surface area contributed by atoms with Gasteiger partial charge in [-0.2, -0.15) is 0 Å². The number of aliphatic carboxylic acids is 1. The van der Waals surface area contributed by atoms with Gasteiger partial charge < -0.3 is 15.2 Å². The monoisotopic (exact) mass is 375 g/mol. The number of amides is 1. The lowest BCUT2D eigenvalue weighted by Gasteiger charge is -2.29. The van der Waals surface area contributed by atoms with Gasteiger partial charge in [-0.3, -0.25) is 9.74 Å². The maximum Gasteiger partial charge on any atom is 0.407 e. The van der Waals surface area contributed by atoms with Crippen LogP contribution in [0.15, 0.2) is 0 Å². The molecule has 0 aliphatic heterocycles. The Hall–Kier alpha value is -2.30. The van der Waals surface area contributed by atoms with Crippen LogP contribution in [0.4, 0.5) is 9.32 Å². The number of hydrogen-bond acceptors (Lipinski definition) is 5. The van der Waals surface area contributed by atoms with Crippen LogP contribution in [0.2, 0.25) is 0 Å². The number of carbonyl (C=O) groups is 3. The summed E-state index contributed by atoms with van der Waals surface area (Å²) in [7, 11) is 0. The van der Waals surface area contributed by atoms with Crippen molar-refractivity contribution in [2.45, 2.75) is 66.0 Å². The molecule has 0 aromatic rings. The summed E-state index contributed by atoms with van der Waals surface area (Å²) in [4.78, 5) is 37.4. The van der Waals surface area contributed by atoms with E-state index >= 15 is 0 Å². The Kier molecular flexibility index (Phi) is 12.1. The van der Waals surface area contributed by atoms with E-state index < -0.39 is 41.5 Å². The average molecular weight is 375 g/mol. The number of carboxylic acid groups (broad SMARTS) is 1. The zero-order valence-corrected chi connectivity index (χ0v) is 16.2. The van der Waals surface area contributed by atoms with Crippen LogP contribution in [0, 0.1) is 30.6 Å². The Bertz CT molecular complexity index is 484. The van der Waals surface area contributed by atoms with Crippen molar-refractivity contribution in [3.05, 3.63) is 0 Å². The van der Waals surface area contributed by atoms with Gasteiger partial charge in [0.15, 0.2) is 5.92 Å². The summed E-state index contributed by atoms with van der Waals surface area (Å²) < 4.78 is 17.3. The molecule has 1 amide bonds. The van der Waals surface area contributed by atoms with Gasteiger partial charge >= 0.3 is 18.0 Å². The minimum absolute atomic E-state index is 0.161. The highest BCUT2D eigenvalue weighted by Crippen LogP contribution is 2.22. The lowest BCUT2D eigenvalue weighted by atomic mass is 9.86. The van der Waals surface area contributed by atoms with Crippen molar-refractivity contribution < 1.29 is 33.7 Å². The predicted octanol–water partition coefficient (Wildman–Crippen LogP) is 3.33. The van der Waals surface area contributed by atoms with Gasteiger partial charge in [0.2, 0.25) is 0 Å². The van der Waals surface area contributed by atoms with Crippen LogP contribution in [0.1, 0.15) is 54.4 Å². The van der Waals surface area contributed by atoms with Gasteiger partial charge in [0.1, 0.15) is 5.60 Å². The van der Waals surface area contributed by atoms with Crippen LogP contribution < -0.4 is 5.32 Å². The third-order valence-corrected chi connectivity index (χ3v) is 3.38. The standard InChI is InChI=1S/C16H28FNO6.C2H2/c1-9(2)7-12(18-15(22)23-16(4,5)6)10(3)8-11(13(19)20)14(21)24-17;1-2/h9-12H,7-8H2,1-6H3,(H,18,22)(H,19,20);1-2H/t10?,11?,12-;/m0./s1. The molecule has 2 N–H and O–H groups in total. The number of nitrogens with one attached hydrogen (secondary N) is 1. The zero-order chi connectivity index (χ0) is 21.1. The van der Waals surface area contributed by atoms with E-state index in [0.717, 1.165) is 0 Å². The van der Waals surface area contributed by atoms with Crippen molar-refractivity contribution in [3.63, 3.8) is 0 Å². The zero-order valence-electron chi connectivity index (χ0n) is 16.2. The number of hydrogen-bond donors (Lipinski definition) is 2. The molecule has 26 heavy (non-hydrogen) atoms. The second-order valence-corrected chi connectivity index (χ2v) is 7.38. The Morgan fingerprint density at radius 2 is 1.62 bits per heavy atom. The van der Waals surface area contributed by atoms with E-state index in [-0.39, 0.29) is 12.3 Å². The van der Waals surface area contributed by atoms with E-state index in [4.69, 9.17) is 9.84 Å². The van der Waals surface area contributed by atoms with Gasteiger partial charge in [0.25, 0.3) is 0 Å². The predicted molar refractivity (Wildman–Crippen MR) is 94.6 cm³/mol. The number of halogens is 1. The first kappa shape index (κ1) is 25.9. The average Bonchev–Trinajstić information content (AvgIpc) is 2.50. The van der Waals surface area contributed by atoms with Crippen molar-refractivity contribution in [1.82, 2.24) is 5.32 Å². The van der Waals surface area contributed by atoms with Crippen LogP contribution in [-0.4, -0.2) is 34.8 Å². The van der Waals surface area contributed by atoms with Gasteiger partial charge in [0, 0.05) is 10.6 Å². The molecule has 8 heteroatoms. The number of rotatable bonds is 8. The molecule has 2 unspecified atom stereocenters. The molecule has 0 aliphatic carbocycles. The minimum atomic E-state index is -1.62. The molecule has 0 radical (unpaired) electrons. The minimum Gasteiger partial charge on any atom is -0.481 e. The summed E-state index contributed by atoms with van der Waals surface area (Å²) >= 11 is 0. The van der Waals surface area contributed by atoms with E-state index in [1.54, 1.807) is 27.7 Å². The molecule has 0 bridgehead atoms. The first-order valence-corrected chi connectivity index (χ1v) is 8.25. The molecule has 0 aromatic heterocycles. The smallest absolute Gasteiger partial charge is 0.407 e. The molecule has 0 aliphatic rings. The molecule has 0 rings (SSSR count). The Labute approximate surface area is 154 Å². The molecule has 7 nitrogen and oxygen atoms in total. The molecule has 0 heterocycles. The van der Waals surface area contributed by atoms with E-state index in [1.807, 2.05) is 13.8 Å². The van der Waals surface area contributed by atoms with Crippen molar-refractivity contribution >= 4 is 18.0 Å². The Morgan fingerprint density at radius 3 is 1.96 bits per heavy atom. The summed E-state index contributed by atoms with van der Waals surface area (Å²) in [6, 6.07) is -0.422. The quantitative estimate of drug-likeness (QED) is 0.498. The second kappa shape index (κ2) is 12.1. The third-order valence-electron chi connectivity index (χ3n) is 3.38. The van der Waals surface area contributed by atoms with Crippen molar-refractivity contribution in [2.24, 2.45) is 17.8 Å². The molecule has 0 spiro atoms. The molecule has 150 valence electrons. The number of terminal acetylenes is 1. The summed E-state index contributed by atoms with van der Waals surface area (Å²) in [6.45, 7) is 10.8. The van der Waals surface area contributed by atoms with Crippen molar-refractivity contribution in [3.8, 4) is 12.8 Å². The van der Waals surface area contributed by atoms with E-state index in [9.17, 15) is 18.9 Å². The lowest BCUT2D eigenvalue weighted by Crippen LogP contribution is -2.44. The molecular weight excluding hydrogens is 345 g/mol. The van der Waals surface area contributed by atoms with Gasteiger partial charge in [-0.05, 0) is 45.4 Å². The van der Waals surface area contributed by atoms with Crippen LogP contribution in [0.3, 0.4) is 0 Å². The fraction of sp³-hybridized carbons (Fsp3) is 0.722. The van der Waals surface area contributed by atoms with E-state index in [1.165, 1.54) is 0 Å². The fourth-order valence-corrected chi connectivity index (χ4v) is 2.29. The van der Waals surface area contributed by atoms with Crippen LogP contribution in [0.25, 0.3) is 0 Å². The SMILES string of the molecule is C#C.CC(C)C[C@H](NC(=O)OC(C)(C)C)C(C)CC(C(=O)O)C(=O)OF. The topological polar surface area (TPSA) is 102 Å². The van der Waals surface area contributed by atoms with Crippen molar-refractivity contribution in [1.29, 1.82) is 0 Å². The normalized spacial score (nSPS) is 14.2. The summed E-state index contributed by atoms with van der Waals surface area (Å²) in [6.07, 6.45) is 7.77. The Balaban J connectivity index is 0. The number of ether oxygens (including phenoxy) is 1. The first-order chi connectivity index (χ1) is 11.9. The number of carboxylic acids is 1. The molecule has 0 fully saturated rings. The van der Waals surface area contributed by atoms with Gasteiger partial charge in [-0.25, -0.2) is 9.59 Å². The second-order valence-electron chi connectivity index (χ2n) is 7.38. The lowest BCUT2D eigenvalue weighted by molar-refractivity contribution is -0.192. The van der Waals surface area contributed by atoms with Gasteiger partial charge in [-0.1, -0.05) is 20.8 Å². The van der Waals surface area contributed by atoms with Crippen LogP contribution in [0.5, 0.6) is 0 Å². The van der Waals surface area contributed by atoms with Gasteiger partial charge in [-0.15, -0.1) is 12.8 Å². The summed E-state index contributed by atoms with van der Waals surface area (Å²) in [5.41, 5.74) is -0.669. The first-order valence-electron chi connectivity index (χ1n) is 8.25. The van der Waals surface area contributed by atoms with Crippen molar-refractivity contribution in [2.75, 3.05) is 0 Å². The molecule has 0 saturated carbocycles. The summed E-state index contributed by atoms with van der Waals surface area (Å²) in [5, 5.41) is 11.7. The molecule has 3 atom stereocenters.